The van der Waals surface area contributed by atoms with E-state index in [9.17, 15) is 5.26 Å². The highest BCUT2D eigenvalue weighted by atomic mass is 19.4. The van der Waals surface area contributed by atoms with Gasteiger partial charge in [0.25, 0.3) is 0 Å². The maximum Gasteiger partial charge on any atom is 0.415 e. The third-order valence-corrected chi connectivity index (χ3v) is 14.7. The van der Waals surface area contributed by atoms with Crippen LogP contribution in [0.3, 0.4) is 0 Å². The number of benzene rings is 10. The van der Waals surface area contributed by atoms with E-state index in [1.165, 1.54) is 12.1 Å². The summed E-state index contributed by atoms with van der Waals surface area (Å²) in [6, 6.07) is 69.3. The van der Waals surface area contributed by atoms with Crippen molar-refractivity contribution in [1.29, 1.82) is 5.26 Å². The molecule has 0 fully saturated rings. The van der Waals surface area contributed by atoms with E-state index < -0.39 is 11.7 Å². The fourth-order valence-electron chi connectivity index (χ4n) is 11.7. The average molecular weight is 947 g/mol. The largest absolute Gasteiger partial charge is 0.415 e. The van der Waals surface area contributed by atoms with Gasteiger partial charge in [0.05, 0.1) is 73.2 Å². The van der Waals surface area contributed by atoms with Crippen molar-refractivity contribution in [3.05, 3.63) is 234 Å². The van der Waals surface area contributed by atoms with Gasteiger partial charge in [-0.05, 0) is 103 Å². The first-order valence-corrected chi connectivity index (χ1v) is 23.9. The van der Waals surface area contributed by atoms with Crippen LogP contribution in [0.1, 0.15) is 16.7 Å². The van der Waals surface area contributed by atoms with Crippen LogP contribution in [-0.2, 0) is 6.18 Å². The van der Waals surface area contributed by atoms with E-state index >= 15 is 13.2 Å². The number of aryl methyl sites for hydroxylation is 1. The maximum absolute atomic E-state index is 15.6. The average Bonchev–Trinajstić information content (AvgIpc) is 4.14. The van der Waals surface area contributed by atoms with Gasteiger partial charge in [0.15, 0.2) is 5.69 Å². The Morgan fingerprint density at radius 1 is 0.425 bits per heavy atom. The first kappa shape index (κ1) is 42.1. The molecule has 14 aromatic rings. The van der Waals surface area contributed by atoms with E-state index in [0.29, 0.717) is 11.4 Å². The van der Waals surface area contributed by atoms with Crippen LogP contribution in [0.2, 0.25) is 0 Å². The number of hydrogen-bond acceptors (Lipinski definition) is 1. The molecule has 0 saturated carbocycles. The Bertz CT molecular complexity index is 4670. The number of nitrogens with zero attached hydrogens (tertiary/aromatic N) is 6. The number of nitriles is 1. The van der Waals surface area contributed by atoms with Crippen molar-refractivity contribution in [2.24, 2.45) is 0 Å². The molecule has 0 unspecified atom stereocenters. The van der Waals surface area contributed by atoms with Crippen molar-refractivity contribution in [2.45, 2.75) is 13.1 Å². The first-order valence-electron chi connectivity index (χ1n) is 23.9. The molecule has 9 heteroatoms. The van der Waals surface area contributed by atoms with Gasteiger partial charge in [0.1, 0.15) is 6.07 Å². The molecule has 0 radical (unpaired) electrons. The zero-order chi connectivity index (χ0) is 49.3. The lowest BCUT2D eigenvalue weighted by atomic mass is 9.93. The fraction of sp³-hybridized carbons (Fsp3) is 0.0312. The van der Waals surface area contributed by atoms with Crippen LogP contribution in [0.25, 0.3) is 126 Å². The molecular formula is C64H37F3N6. The van der Waals surface area contributed by atoms with Gasteiger partial charge >= 0.3 is 6.18 Å². The minimum atomic E-state index is -4.83. The lowest BCUT2D eigenvalue weighted by Crippen LogP contribution is -2.10. The van der Waals surface area contributed by atoms with Gasteiger partial charge in [-0.15, -0.1) is 0 Å². The lowest BCUT2D eigenvalue weighted by molar-refractivity contribution is -0.137. The standard InChI is InChI=1S/C64H37F3N6/c1-38-26-29-58-47(32-38)49-35-41(71-55-23-10-5-16-44(55)45-17-6-11-24-56(45)71)28-31-60(49)73(58)62-33-39(37-68)61(36-50(62)63-51(64(65,66)67)19-13-20-52(63)69-2)72-57-25-12-7-18-46(57)48-34-40(27-30-59(48)72)70-53-21-8-3-14-42(53)43-15-4-9-22-54(43)70/h3-36H,1H3. The Hall–Kier alpha value is -9.83. The Morgan fingerprint density at radius 2 is 0.836 bits per heavy atom. The number of aromatic nitrogens is 4. The van der Waals surface area contributed by atoms with E-state index in [0.717, 1.165) is 110 Å². The summed E-state index contributed by atoms with van der Waals surface area (Å²) in [5, 5.41) is 19.5. The molecule has 0 spiro atoms. The van der Waals surface area contributed by atoms with Gasteiger partial charge < -0.3 is 18.3 Å². The number of hydrogen-bond donors (Lipinski definition) is 0. The molecule has 0 saturated heterocycles. The molecule has 6 nitrogen and oxygen atoms in total. The first-order chi connectivity index (χ1) is 35.7. The van der Waals surface area contributed by atoms with E-state index in [1.807, 2.05) is 119 Å². The number of para-hydroxylation sites is 5. The van der Waals surface area contributed by atoms with Crippen molar-refractivity contribution >= 4 is 92.9 Å². The number of fused-ring (bicyclic) bond motifs is 12. The van der Waals surface area contributed by atoms with E-state index in [1.54, 1.807) is 12.1 Å². The highest BCUT2D eigenvalue weighted by Gasteiger charge is 2.36. The summed E-state index contributed by atoms with van der Waals surface area (Å²) in [6.07, 6.45) is -4.83. The van der Waals surface area contributed by atoms with Crippen LogP contribution in [-0.4, -0.2) is 18.3 Å². The molecule has 344 valence electrons. The smallest absolute Gasteiger partial charge is 0.309 e. The molecule has 0 amide bonds. The van der Waals surface area contributed by atoms with Crippen LogP contribution in [0, 0.1) is 24.8 Å². The third kappa shape index (κ3) is 6.09. The molecule has 0 aliphatic carbocycles. The van der Waals surface area contributed by atoms with Gasteiger partial charge in [-0.1, -0.05) is 121 Å². The Balaban J connectivity index is 1.07. The minimum absolute atomic E-state index is 0.157. The summed E-state index contributed by atoms with van der Waals surface area (Å²) in [5.41, 5.74) is 9.83. The van der Waals surface area contributed by atoms with Crippen molar-refractivity contribution in [3.8, 4) is 39.9 Å². The number of rotatable bonds is 5. The van der Waals surface area contributed by atoms with Crippen LogP contribution >= 0.6 is 0 Å². The van der Waals surface area contributed by atoms with Gasteiger partial charge in [0, 0.05) is 60.0 Å². The molecule has 73 heavy (non-hydrogen) atoms. The second-order valence-corrected chi connectivity index (χ2v) is 18.7. The topological polar surface area (TPSA) is 47.9 Å². The van der Waals surface area contributed by atoms with Crippen LogP contribution < -0.4 is 0 Å². The van der Waals surface area contributed by atoms with Crippen molar-refractivity contribution < 1.29 is 13.2 Å². The van der Waals surface area contributed by atoms with Crippen LogP contribution in [0.5, 0.6) is 0 Å². The fourth-order valence-corrected chi connectivity index (χ4v) is 11.7. The Labute approximate surface area is 415 Å². The van der Waals surface area contributed by atoms with E-state index in [4.69, 9.17) is 6.57 Å². The zero-order valence-electron chi connectivity index (χ0n) is 38.9. The monoisotopic (exact) mass is 946 g/mol. The van der Waals surface area contributed by atoms with Gasteiger partial charge in [0.2, 0.25) is 0 Å². The molecule has 4 aromatic heterocycles. The maximum atomic E-state index is 15.6. The van der Waals surface area contributed by atoms with E-state index in [-0.39, 0.29) is 22.4 Å². The van der Waals surface area contributed by atoms with Gasteiger partial charge in [-0.2, -0.15) is 18.4 Å². The van der Waals surface area contributed by atoms with E-state index in [2.05, 4.69) is 92.8 Å². The number of halogens is 3. The zero-order valence-corrected chi connectivity index (χ0v) is 38.9. The molecule has 0 N–H and O–H groups in total. The summed E-state index contributed by atoms with van der Waals surface area (Å²) in [6.45, 7) is 10.3. The van der Waals surface area contributed by atoms with Crippen LogP contribution in [0.15, 0.2) is 206 Å². The highest BCUT2D eigenvalue weighted by molar-refractivity contribution is 6.15. The predicted octanol–water partition coefficient (Wildman–Crippen LogP) is 17.5. The van der Waals surface area contributed by atoms with Crippen LogP contribution in [0.4, 0.5) is 18.9 Å². The lowest BCUT2D eigenvalue weighted by Gasteiger charge is -2.22. The van der Waals surface area contributed by atoms with Gasteiger partial charge in [-0.25, -0.2) is 4.85 Å². The normalized spacial score (nSPS) is 12.1. The van der Waals surface area contributed by atoms with Crippen molar-refractivity contribution in [2.75, 3.05) is 0 Å². The third-order valence-electron chi connectivity index (χ3n) is 14.7. The molecular weight excluding hydrogens is 910 g/mol. The molecule has 14 rings (SSSR count). The SMILES string of the molecule is [C-]#[N+]c1cccc(C(F)(F)F)c1-c1cc(-n2c3ccccc3c3cc(-n4c5ccccc5c5ccccc54)ccc32)c(C#N)cc1-n1c2ccc(C)cc2c2cc(-n3c4ccccc4c4ccccc43)ccc21. The molecule has 0 aliphatic rings. The highest BCUT2D eigenvalue weighted by Crippen LogP contribution is 2.48. The van der Waals surface area contributed by atoms with Gasteiger partial charge in [-0.3, -0.25) is 0 Å². The summed E-state index contributed by atoms with van der Waals surface area (Å²) in [5.74, 6) is 0. The Morgan fingerprint density at radius 3 is 1.32 bits per heavy atom. The van der Waals surface area contributed by atoms with Crippen molar-refractivity contribution in [3.63, 3.8) is 0 Å². The second-order valence-electron chi connectivity index (χ2n) is 18.7. The second kappa shape index (κ2) is 15.6. The minimum Gasteiger partial charge on any atom is -0.309 e. The summed E-state index contributed by atoms with van der Waals surface area (Å²) >= 11 is 0. The number of alkyl halides is 3. The summed E-state index contributed by atoms with van der Waals surface area (Å²) < 4.78 is 55.2. The predicted molar refractivity (Wildman–Crippen MR) is 290 cm³/mol. The molecule has 0 aliphatic heterocycles. The quantitative estimate of drug-likeness (QED) is 0.159. The molecule has 4 heterocycles. The molecule has 0 bridgehead atoms. The molecule has 10 aromatic carbocycles. The molecule has 0 atom stereocenters. The summed E-state index contributed by atoms with van der Waals surface area (Å²) in [4.78, 5) is 3.75. The summed E-state index contributed by atoms with van der Waals surface area (Å²) in [7, 11) is 0. The van der Waals surface area contributed by atoms with Crippen molar-refractivity contribution in [1.82, 2.24) is 18.3 Å². The Kier molecular flexibility index (Phi) is 8.98.